The highest BCUT2D eigenvalue weighted by Gasteiger charge is 2.30. The van der Waals surface area contributed by atoms with Crippen molar-refractivity contribution in [2.75, 3.05) is 6.54 Å². The highest BCUT2D eigenvalue weighted by molar-refractivity contribution is 5.94. The van der Waals surface area contributed by atoms with E-state index in [9.17, 15) is 4.79 Å². The molecule has 8 heteroatoms. The van der Waals surface area contributed by atoms with E-state index in [4.69, 9.17) is 0 Å². The summed E-state index contributed by atoms with van der Waals surface area (Å²) >= 11 is 0. The highest BCUT2D eigenvalue weighted by atomic mass is 16.2. The SMILES string of the molecule is Cc1cnn(C[C@H]2CCCN2C(=O)c2ccnc(-n3cncn3)c2)c1. The molecule has 4 rings (SSSR count). The zero-order valence-corrected chi connectivity index (χ0v) is 14.0. The molecule has 25 heavy (non-hydrogen) atoms. The molecule has 3 aromatic heterocycles. The third-order valence-corrected chi connectivity index (χ3v) is 4.44. The third-order valence-electron chi connectivity index (χ3n) is 4.44. The molecule has 1 fully saturated rings. The first-order valence-electron chi connectivity index (χ1n) is 8.32. The number of carbonyl (C=O) groups is 1. The maximum Gasteiger partial charge on any atom is 0.254 e. The van der Waals surface area contributed by atoms with Crippen molar-refractivity contribution in [1.29, 1.82) is 0 Å². The minimum absolute atomic E-state index is 0.0233. The maximum atomic E-state index is 13.0. The number of likely N-dealkylation sites (tertiary alicyclic amines) is 1. The summed E-state index contributed by atoms with van der Waals surface area (Å²) in [5, 5.41) is 8.41. The molecule has 1 aliphatic rings. The van der Waals surface area contributed by atoms with Gasteiger partial charge in [-0.3, -0.25) is 9.48 Å². The Morgan fingerprint density at radius 1 is 1.36 bits per heavy atom. The van der Waals surface area contributed by atoms with Crippen LogP contribution in [0.1, 0.15) is 28.8 Å². The number of amides is 1. The number of nitrogens with zero attached hydrogens (tertiary/aromatic N) is 7. The molecule has 0 saturated carbocycles. The van der Waals surface area contributed by atoms with Crippen LogP contribution in [0.5, 0.6) is 0 Å². The van der Waals surface area contributed by atoms with Crippen LogP contribution >= 0.6 is 0 Å². The first kappa shape index (κ1) is 15.5. The van der Waals surface area contributed by atoms with Gasteiger partial charge in [0.05, 0.1) is 18.8 Å². The van der Waals surface area contributed by atoms with Crippen LogP contribution in [0.3, 0.4) is 0 Å². The van der Waals surface area contributed by atoms with E-state index in [-0.39, 0.29) is 11.9 Å². The van der Waals surface area contributed by atoms with Gasteiger partial charge in [-0.15, -0.1) is 0 Å². The Labute approximate surface area is 145 Å². The highest BCUT2D eigenvalue weighted by Crippen LogP contribution is 2.22. The second kappa shape index (κ2) is 6.46. The van der Waals surface area contributed by atoms with E-state index in [0.717, 1.165) is 31.5 Å². The van der Waals surface area contributed by atoms with Gasteiger partial charge in [-0.1, -0.05) is 0 Å². The summed E-state index contributed by atoms with van der Waals surface area (Å²) in [6.07, 6.45) is 10.5. The number of pyridine rings is 1. The summed E-state index contributed by atoms with van der Waals surface area (Å²) in [6.45, 7) is 3.51. The van der Waals surface area contributed by atoms with E-state index in [1.165, 1.54) is 6.33 Å². The fourth-order valence-electron chi connectivity index (χ4n) is 3.24. The number of hydrogen-bond donors (Lipinski definition) is 0. The molecule has 0 radical (unpaired) electrons. The van der Waals surface area contributed by atoms with Gasteiger partial charge in [-0.25, -0.2) is 14.6 Å². The summed E-state index contributed by atoms with van der Waals surface area (Å²) in [4.78, 5) is 23.1. The van der Waals surface area contributed by atoms with Crippen LogP contribution in [-0.4, -0.2) is 52.9 Å². The van der Waals surface area contributed by atoms with Crippen molar-refractivity contribution in [3.63, 3.8) is 0 Å². The lowest BCUT2D eigenvalue weighted by molar-refractivity contribution is 0.0721. The average molecular weight is 337 g/mol. The van der Waals surface area contributed by atoms with Crippen molar-refractivity contribution in [2.45, 2.75) is 32.4 Å². The van der Waals surface area contributed by atoms with Gasteiger partial charge in [0.25, 0.3) is 5.91 Å². The van der Waals surface area contributed by atoms with Crippen molar-refractivity contribution in [3.05, 3.63) is 54.5 Å². The third kappa shape index (κ3) is 3.15. The van der Waals surface area contributed by atoms with Crippen LogP contribution in [0.4, 0.5) is 0 Å². The molecule has 0 unspecified atom stereocenters. The van der Waals surface area contributed by atoms with E-state index in [1.807, 2.05) is 28.9 Å². The fraction of sp³-hybridized carbons (Fsp3) is 0.353. The van der Waals surface area contributed by atoms with Gasteiger partial charge in [-0.05, 0) is 37.5 Å². The zero-order valence-electron chi connectivity index (χ0n) is 14.0. The summed E-state index contributed by atoms with van der Waals surface area (Å²) in [5.41, 5.74) is 1.74. The molecular formula is C17H19N7O. The van der Waals surface area contributed by atoms with Crippen molar-refractivity contribution >= 4 is 5.91 Å². The Balaban J connectivity index is 1.54. The molecule has 0 spiro atoms. The Bertz CT molecular complexity index is 871. The lowest BCUT2D eigenvalue weighted by Crippen LogP contribution is -2.38. The molecule has 0 aliphatic carbocycles. The average Bonchev–Trinajstić information content (AvgIpc) is 3.37. The summed E-state index contributed by atoms with van der Waals surface area (Å²) < 4.78 is 3.46. The number of aryl methyl sites for hydroxylation is 1. The second-order valence-corrected chi connectivity index (χ2v) is 6.28. The largest absolute Gasteiger partial charge is 0.334 e. The minimum Gasteiger partial charge on any atom is -0.334 e. The van der Waals surface area contributed by atoms with Crippen molar-refractivity contribution < 1.29 is 4.79 Å². The van der Waals surface area contributed by atoms with Crippen LogP contribution < -0.4 is 0 Å². The van der Waals surface area contributed by atoms with Crippen molar-refractivity contribution in [2.24, 2.45) is 0 Å². The quantitative estimate of drug-likeness (QED) is 0.720. The molecule has 1 aliphatic heterocycles. The standard InChI is InChI=1S/C17H19N7O/c1-13-8-20-22(9-13)10-15-3-2-6-23(15)17(25)14-4-5-19-16(7-14)24-12-18-11-21-24/h4-5,7-9,11-12,15H,2-3,6,10H2,1H3/t15-/m1/s1. The van der Waals surface area contributed by atoms with Gasteiger partial charge in [0.15, 0.2) is 5.82 Å². The van der Waals surface area contributed by atoms with E-state index in [0.29, 0.717) is 11.4 Å². The lowest BCUT2D eigenvalue weighted by Gasteiger charge is -2.25. The summed E-state index contributed by atoms with van der Waals surface area (Å²) in [7, 11) is 0. The predicted octanol–water partition coefficient (Wildman–Crippen LogP) is 1.47. The first-order chi connectivity index (χ1) is 12.2. The molecule has 0 bridgehead atoms. The van der Waals surface area contributed by atoms with Crippen molar-refractivity contribution in [1.82, 2.24) is 34.4 Å². The molecular weight excluding hydrogens is 318 g/mol. The molecule has 1 saturated heterocycles. The van der Waals surface area contributed by atoms with Gasteiger partial charge in [0.1, 0.15) is 12.7 Å². The molecule has 4 heterocycles. The normalized spacial score (nSPS) is 17.2. The Morgan fingerprint density at radius 3 is 3.04 bits per heavy atom. The zero-order chi connectivity index (χ0) is 17.2. The van der Waals surface area contributed by atoms with E-state index >= 15 is 0 Å². The van der Waals surface area contributed by atoms with E-state index < -0.39 is 0 Å². The van der Waals surface area contributed by atoms with Crippen LogP contribution in [0.15, 0.2) is 43.4 Å². The molecule has 128 valence electrons. The van der Waals surface area contributed by atoms with Gasteiger partial charge >= 0.3 is 0 Å². The monoisotopic (exact) mass is 337 g/mol. The lowest BCUT2D eigenvalue weighted by atomic mass is 10.2. The molecule has 0 aromatic carbocycles. The van der Waals surface area contributed by atoms with Gasteiger partial charge in [0.2, 0.25) is 0 Å². The molecule has 1 amide bonds. The molecule has 8 nitrogen and oxygen atoms in total. The number of rotatable bonds is 4. The van der Waals surface area contributed by atoms with Crippen LogP contribution in [0, 0.1) is 6.92 Å². The summed E-state index contributed by atoms with van der Waals surface area (Å²) in [5.74, 6) is 0.608. The van der Waals surface area contributed by atoms with E-state index in [2.05, 4.69) is 20.2 Å². The smallest absolute Gasteiger partial charge is 0.254 e. The van der Waals surface area contributed by atoms with Gasteiger partial charge in [-0.2, -0.15) is 10.2 Å². The Morgan fingerprint density at radius 2 is 2.28 bits per heavy atom. The number of carbonyl (C=O) groups excluding carboxylic acids is 1. The molecule has 1 atom stereocenters. The van der Waals surface area contributed by atoms with E-state index in [1.54, 1.807) is 29.3 Å². The Hall–Kier alpha value is -3.03. The number of hydrogen-bond acceptors (Lipinski definition) is 5. The van der Waals surface area contributed by atoms with Crippen LogP contribution in [0.25, 0.3) is 5.82 Å². The Kier molecular flexibility index (Phi) is 4.01. The summed E-state index contributed by atoms with van der Waals surface area (Å²) in [6, 6.07) is 3.66. The first-order valence-corrected chi connectivity index (χ1v) is 8.32. The minimum atomic E-state index is 0.0233. The van der Waals surface area contributed by atoms with Crippen LogP contribution in [0.2, 0.25) is 0 Å². The van der Waals surface area contributed by atoms with Crippen molar-refractivity contribution in [3.8, 4) is 5.82 Å². The predicted molar refractivity (Wildman–Crippen MR) is 90.2 cm³/mol. The number of aromatic nitrogens is 6. The van der Waals surface area contributed by atoms with Gasteiger partial charge < -0.3 is 4.90 Å². The second-order valence-electron chi connectivity index (χ2n) is 6.28. The maximum absolute atomic E-state index is 13.0. The van der Waals surface area contributed by atoms with Crippen LogP contribution in [-0.2, 0) is 6.54 Å². The topological polar surface area (TPSA) is 81.7 Å². The fourth-order valence-corrected chi connectivity index (χ4v) is 3.24. The van der Waals surface area contributed by atoms with Gasteiger partial charge in [0, 0.05) is 24.5 Å². The molecule has 3 aromatic rings. The molecule has 0 N–H and O–H groups in total.